The lowest BCUT2D eigenvalue weighted by atomic mass is 9.97. The molecule has 2 nitrogen and oxygen atoms in total. The summed E-state index contributed by atoms with van der Waals surface area (Å²) in [7, 11) is 0. The fourth-order valence-electron chi connectivity index (χ4n) is 1.37. The van der Waals surface area contributed by atoms with Crippen molar-refractivity contribution in [2.24, 2.45) is 11.1 Å². The first-order chi connectivity index (χ1) is 5.25. The van der Waals surface area contributed by atoms with Crippen LogP contribution in [-0.4, -0.2) is 29.8 Å². The molecule has 0 bridgehead atoms. The van der Waals surface area contributed by atoms with E-state index in [-0.39, 0.29) is 11.5 Å². The van der Waals surface area contributed by atoms with E-state index in [1.165, 1.54) is 0 Å². The van der Waals surface area contributed by atoms with Crippen LogP contribution in [0.3, 0.4) is 0 Å². The molecule has 0 aromatic carbocycles. The molecule has 11 heavy (non-hydrogen) atoms. The molecule has 0 spiro atoms. The molecule has 66 valence electrons. The molecule has 3 N–H and O–H groups in total. The summed E-state index contributed by atoms with van der Waals surface area (Å²) in [5.41, 5.74) is 5.70. The first-order valence-electron chi connectivity index (χ1n) is 4.12. The van der Waals surface area contributed by atoms with Gasteiger partial charge < -0.3 is 10.8 Å². The van der Waals surface area contributed by atoms with E-state index >= 15 is 0 Å². The van der Waals surface area contributed by atoms with E-state index in [2.05, 4.69) is 6.26 Å². The molecular weight excluding hydrogens is 158 g/mol. The Hall–Kier alpha value is 0.270. The van der Waals surface area contributed by atoms with Gasteiger partial charge in [-0.2, -0.15) is 11.8 Å². The highest BCUT2D eigenvalue weighted by Gasteiger charge is 2.46. The maximum Gasteiger partial charge on any atom is 0.0616 e. The van der Waals surface area contributed by atoms with E-state index in [0.717, 1.165) is 25.0 Å². The monoisotopic (exact) mass is 175 g/mol. The zero-order valence-corrected chi connectivity index (χ0v) is 7.86. The zero-order chi connectivity index (χ0) is 8.32. The molecule has 1 aliphatic rings. The van der Waals surface area contributed by atoms with Crippen molar-refractivity contribution >= 4 is 11.8 Å². The summed E-state index contributed by atoms with van der Waals surface area (Å²) in [4.78, 5) is 0. The highest BCUT2D eigenvalue weighted by atomic mass is 32.2. The summed E-state index contributed by atoms with van der Waals surface area (Å²) in [5.74, 6) is 1.04. The zero-order valence-electron chi connectivity index (χ0n) is 7.05. The molecule has 1 atom stereocenters. The number of nitrogens with two attached hydrogens (primary N) is 1. The Bertz CT molecular complexity index is 125. The number of aliphatic hydroxyl groups is 1. The highest BCUT2D eigenvalue weighted by Crippen LogP contribution is 2.48. The Morgan fingerprint density at radius 1 is 1.64 bits per heavy atom. The van der Waals surface area contributed by atoms with Crippen LogP contribution in [0.1, 0.15) is 19.3 Å². The van der Waals surface area contributed by atoms with Crippen molar-refractivity contribution in [2.45, 2.75) is 25.4 Å². The number of hydrogen-bond acceptors (Lipinski definition) is 3. The third-order valence-electron chi connectivity index (χ3n) is 2.60. The highest BCUT2D eigenvalue weighted by molar-refractivity contribution is 7.98. The van der Waals surface area contributed by atoms with Crippen LogP contribution >= 0.6 is 11.8 Å². The average molecular weight is 175 g/mol. The van der Waals surface area contributed by atoms with Gasteiger partial charge in [0.05, 0.1) is 6.10 Å². The minimum absolute atomic E-state index is 0.121. The third kappa shape index (κ3) is 2.10. The van der Waals surface area contributed by atoms with Crippen molar-refractivity contribution in [2.75, 3.05) is 18.6 Å². The van der Waals surface area contributed by atoms with Crippen molar-refractivity contribution in [1.82, 2.24) is 0 Å². The summed E-state index contributed by atoms with van der Waals surface area (Å²) in [6, 6.07) is 0. The lowest BCUT2D eigenvalue weighted by molar-refractivity contribution is 0.0946. The molecule has 0 aromatic heterocycles. The van der Waals surface area contributed by atoms with Crippen LogP contribution in [0.15, 0.2) is 0 Å². The Kier molecular flexibility index (Phi) is 3.22. The minimum atomic E-state index is -0.153. The van der Waals surface area contributed by atoms with Gasteiger partial charge >= 0.3 is 0 Å². The smallest absolute Gasteiger partial charge is 0.0616 e. The maximum absolute atomic E-state index is 9.68. The van der Waals surface area contributed by atoms with Crippen LogP contribution in [0.4, 0.5) is 0 Å². The van der Waals surface area contributed by atoms with Gasteiger partial charge in [0.2, 0.25) is 0 Å². The molecule has 0 amide bonds. The lowest BCUT2D eigenvalue weighted by Crippen LogP contribution is -2.29. The molecular formula is C8H17NOS. The molecule has 0 aromatic rings. The van der Waals surface area contributed by atoms with Gasteiger partial charge in [-0.05, 0) is 31.3 Å². The molecule has 1 fully saturated rings. The third-order valence-corrected chi connectivity index (χ3v) is 3.24. The molecule has 0 radical (unpaired) electrons. The second-order valence-corrected chi connectivity index (χ2v) is 4.35. The predicted molar refractivity (Wildman–Crippen MR) is 49.7 cm³/mol. The van der Waals surface area contributed by atoms with E-state index in [1.807, 2.05) is 0 Å². The second kappa shape index (κ2) is 3.78. The molecule has 1 saturated carbocycles. The van der Waals surface area contributed by atoms with Gasteiger partial charge in [-0.3, -0.25) is 0 Å². The number of hydrogen-bond donors (Lipinski definition) is 2. The van der Waals surface area contributed by atoms with Crippen molar-refractivity contribution < 1.29 is 5.11 Å². The van der Waals surface area contributed by atoms with Crippen LogP contribution in [0.5, 0.6) is 0 Å². The van der Waals surface area contributed by atoms with E-state index in [4.69, 9.17) is 5.73 Å². The van der Waals surface area contributed by atoms with Gasteiger partial charge in [0.15, 0.2) is 0 Å². The molecule has 0 saturated heterocycles. The maximum atomic E-state index is 9.68. The topological polar surface area (TPSA) is 46.2 Å². The van der Waals surface area contributed by atoms with Crippen molar-refractivity contribution in [3.63, 3.8) is 0 Å². The van der Waals surface area contributed by atoms with E-state index < -0.39 is 0 Å². The summed E-state index contributed by atoms with van der Waals surface area (Å²) >= 11 is 1.78. The van der Waals surface area contributed by atoms with Crippen molar-refractivity contribution in [1.29, 1.82) is 0 Å². The number of thioether (sulfide) groups is 1. The van der Waals surface area contributed by atoms with Gasteiger partial charge in [0, 0.05) is 12.0 Å². The van der Waals surface area contributed by atoms with Crippen LogP contribution in [0.2, 0.25) is 0 Å². The molecule has 0 heterocycles. The Morgan fingerprint density at radius 2 is 2.27 bits per heavy atom. The van der Waals surface area contributed by atoms with Gasteiger partial charge in [-0.15, -0.1) is 0 Å². The van der Waals surface area contributed by atoms with Gasteiger partial charge in [-0.1, -0.05) is 0 Å². The van der Waals surface area contributed by atoms with Crippen molar-refractivity contribution in [3.05, 3.63) is 0 Å². The largest absolute Gasteiger partial charge is 0.392 e. The first-order valence-corrected chi connectivity index (χ1v) is 5.51. The van der Waals surface area contributed by atoms with E-state index in [1.54, 1.807) is 11.8 Å². The van der Waals surface area contributed by atoms with Gasteiger partial charge in [0.1, 0.15) is 0 Å². The Labute approximate surface area is 72.5 Å². The van der Waals surface area contributed by atoms with Gasteiger partial charge in [-0.25, -0.2) is 0 Å². The normalized spacial score (nSPS) is 23.2. The number of aliphatic hydroxyl groups excluding tert-OH is 1. The predicted octanol–water partition coefficient (Wildman–Crippen LogP) is 0.839. The molecule has 1 rings (SSSR count). The fourth-order valence-corrected chi connectivity index (χ4v) is 1.83. The molecule has 0 aliphatic heterocycles. The molecule has 1 unspecified atom stereocenters. The van der Waals surface area contributed by atoms with Crippen LogP contribution in [-0.2, 0) is 0 Å². The summed E-state index contributed by atoms with van der Waals surface area (Å²) in [6.45, 7) is 0.655. The fraction of sp³-hybridized carbons (Fsp3) is 1.00. The summed E-state index contributed by atoms with van der Waals surface area (Å²) in [6.07, 6.45) is 5.06. The molecule has 1 aliphatic carbocycles. The van der Waals surface area contributed by atoms with E-state index in [0.29, 0.717) is 6.54 Å². The molecule has 3 heteroatoms. The van der Waals surface area contributed by atoms with Crippen LogP contribution in [0.25, 0.3) is 0 Å². The van der Waals surface area contributed by atoms with Crippen molar-refractivity contribution in [3.8, 4) is 0 Å². The van der Waals surface area contributed by atoms with Crippen LogP contribution < -0.4 is 5.73 Å². The summed E-state index contributed by atoms with van der Waals surface area (Å²) in [5, 5.41) is 9.68. The lowest BCUT2D eigenvalue weighted by Gasteiger charge is -2.19. The quantitative estimate of drug-likeness (QED) is 0.651. The summed E-state index contributed by atoms with van der Waals surface area (Å²) < 4.78 is 0. The minimum Gasteiger partial charge on any atom is -0.392 e. The number of rotatable bonds is 5. The Balaban J connectivity index is 2.23. The van der Waals surface area contributed by atoms with E-state index in [9.17, 15) is 5.11 Å². The standard InChI is InChI=1S/C8H17NOS/c1-11-5-2-7(10)8(6-9)3-4-8/h7,10H,2-6,9H2,1H3. The Morgan fingerprint density at radius 3 is 2.64 bits per heavy atom. The van der Waals surface area contributed by atoms with Gasteiger partial charge in [0.25, 0.3) is 0 Å². The second-order valence-electron chi connectivity index (χ2n) is 3.36. The first kappa shape index (κ1) is 9.36. The van der Waals surface area contributed by atoms with Crippen LogP contribution in [0, 0.1) is 5.41 Å². The average Bonchev–Trinajstić information content (AvgIpc) is 2.80. The SMILES string of the molecule is CSCCC(O)C1(CN)CC1.